The highest BCUT2D eigenvalue weighted by Crippen LogP contribution is 2.14. The van der Waals surface area contributed by atoms with Crippen molar-refractivity contribution in [1.29, 1.82) is 0 Å². The maximum Gasteiger partial charge on any atom is 0.252 e. The number of carbonyl (C=O) groups excluding carboxylic acids is 2. The molecule has 0 saturated heterocycles. The van der Waals surface area contributed by atoms with Gasteiger partial charge in [0.05, 0.1) is 0 Å². The van der Waals surface area contributed by atoms with Crippen LogP contribution in [0.4, 0.5) is 0 Å². The van der Waals surface area contributed by atoms with Crippen LogP contribution in [0.2, 0.25) is 0 Å². The number of nitrogens with one attached hydrogen (secondary N) is 1. The molecule has 0 fully saturated rings. The maximum absolute atomic E-state index is 11.5. The fourth-order valence-electron chi connectivity index (χ4n) is 3.08. The molecule has 0 unspecified atom stereocenters. The molecule has 0 bridgehead atoms. The third kappa shape index (κ3) is 17.7. The van der Waals surface area contributed by atoms with Gasteiger partial charge in [0.25, 0.3) is 5.91 Å². The molecule has 152 valence electrons. The normalized spacial score (nSPS) is 10.9. The molecule has 0 aliphatic carbocycles. The Morgan fingerprint density at radius 2 is 1.12 bits per heavy atom. The minimum absolute atomic E-state index is 0.179. The smallest absolute Gasteiger partial charge is 0.252 e. The monoisotopic (exact) mass is 365 g/mol. The molecule has 0 heterocycles. The summed E-state index contributed by atoms with van der Waals surface area (Å²) >= 11 is 0. The first kappa shape index (κ1) is 24.9. The minimum atomic E-state index is -0.356. The fourth-order valence-corrected chi connectivity index (χ4v) is 3.08. The second-order valence-corrected chi connectivity index (χ2v) is 8.19. The molecule has 0 radical (unpaired) electrons. The van der Waals surface area contributed by atoms with Gasteiger partial charge in [-0.05, 0) is 19.3 Å². The van der Waals surface area contributed by atoms with E-state index in [1.807, 2.05) is 0 Å². The minimum Gasteiger partial charge on any atom is -0.293 e. The van der Waals surface area contributed by atoms with Crippen molar-refractivity contribution in [3.63, 3.8) is 0 Å². The van der Waals surface area contributed by atoms with Crippen molar-refractivity contribution < 1.29 is 9.59 Å². The zero-order chi connectivity index (χ0) is 19.6. The number of hydrogen-bond acceptors (Lipinski definition) is 2. The second-order valence-electron chi connectivity index (χ2n) is 8.19. The molecule has 26 heavy (non-hydrogen) atoms. The molecule has 0 aliphatic rings. The number of carbonyl (C=O) groups is 2. The molecule has 0 atom stereocenters. The Bertz CT molecular complexity index is 388. The average molecular weight is 366 g/mol. The van der Waals surface area contributed by atoms with Crippen LogP contribution in [0.15, 0.2) is 12.2 Å². The first-order valence-corrected chi connectivity index (χ1v) is 10.9. The third-order valence-electron chi connectivity index (χ3n) is 4.83. The quantitative estimate of drug-likeness (QED) is 0.230. The van der Waals surface area contributed by atoms with Crippen molar-refractivity contribution in [1.82, 2.24) is 5.32 Å². The van der Waals surface area contributed by atoms with Crippen LogP contribution in [-0.4, -0.2) is 11.8 Å². The SMILES string of the molecule is C=C(C)C(=O)NC(=O)CCCCCCCCCCCCCCCC(C)C. The Hall–Kier alpha value is -1.12. The fraction of sp³-hybridized carbons (Fsp3) is 0.826. The van der Waals surface area contributed by atoms with E-state index in [1.165, 1.54) is 77.0 Å². The lowest BCUT2D eigenvalue weighted by Crippen LogP contribution is -2.30. The highest BCUT2D eigenvalue weighted by atomic mass is 16.2. The highest BCUT2D eigenvalue weighted by molar-refractivity contribution is 6.03. The number of hydrogen-bond donors (Lipinski definition) is 1. The van der Waals surface area contributed by atoms with Crippen molar-refractivity contribution in [3.05, 3.63) is 12.2 Å². The Morgan fingerprint density at radius 3 is 1.50 bits per heavy atom. The summed E-state index contributed by atoms with van der Waals surface area (Å²) in [7, 11) is 0. The summed E-state index contributed by atoms with van der Waals surface area (Å²) in [5.74, 6) is 0.325. The van der Waals surface area contributed by atoms with Gasteiger partial charge in [-0.15, -0.1) is 0 Å². The van der Waals surface area contributed by atoms with Crippen molar-refractivity contribution in [2.24, 2.45) is 5.92 Å². The van der Waals surface area contributed by atoms with E-state index >= 15 is 0 Å². The van der Waals surface area contributed by atoms with Crippen LogP contribution in [0.1, 0.15) is 117 Å². The summed E-state index contributed by atoms with van der Waals surface area (Å²) in [6.45, 7) is 9.75. The van der Waals surface area contributed by atoms with Gasteiger partial charge in [-0.25, -0.2) is 0 Å². The van der Waals surface area contributed by atoms with Gasteiger partial charge in [0.15, 0.2) is 0 Å². The van der Waals surface area contributed by atoms with Crippen LogP contribution >= 0.6 is 0 Å². The van der Waals surface area contributed by atoms with Gasteiger partial charge in [0.1, 0.15) is 0 Å². The van der Waals surface area contributed by atoms with E-state index in [4.69, 9.17) is 0 Å². The van der Waals surface area contributed by atoms with E-state index in [2.05, 4.69) is 25.7 Å². The van der Waals surface area contributed by atoms with Crippen LogP contribution in [0.5, 0.6) is 0 Å². The average Bonchev–Trinajstić information content (AvgIpc) is 2.57. The standard InChI is InChI=1S/C23H43NO2/c1-20(2)18-16-14-12-10-8-6-5-7-9-11-13-15-17-19-22(25)24-23(26)21(3)4/h20H,3,5-19H2,1-2,4H3,(H,24,25,26). The molecule has 0 aliphatic heterocycles. The van der Waals surface area contributed by atoms with Gasteiger partial charge in [0, 0.05) is 12.0 Å². The summed E-state index contributed by atoms with van der Waals surface area (Å²) in [6.07, 6.45) is 18.7. The lowest BCUT2D eigenvalue weighted by molar-refractivity contribution is -0.128. The van der Waals surface area contributed by atoms with E-state index in [0.717, 1.165) is 18.8 Å². The van der Waals surface area contributed by atoms with Crippen molar-refractivity contribution >= 4 is 11.8 Å². The number of rotatable bonds is 17. The molecule has 0 aromatic carbocycles. The number of imide groups is 1. The van der Waals surface area contributed by atoms with Crippen molar-refractivity contribution in [2.75, 3.05) is 0 Å². The van der Waals surface area contributed by atoms with E-state index in [1.54, 1.807) is 6.92 Å². The molecule has 2 amide bonds. The Morgan fingerprint density at radius 1 is 0.731 bits per heavy atom. The lowest BCUT2D eigenvalue weighted by atomic mass is 10.0. The zero-order valence-electron chi connectivity index (χ0n) is 17.7. The second kappa shape index (κ2) is 17.3. The first-order valence-electron chi connectivity index (χ1n) is 10.9. The first-order chi connectivity index (χ1) is 12.4. The van der Waals surface area contributed by atoms with Gasteiger partial charge in [0.2, 0.25) is 5.91 Å². The predicted molar refractivity (Wildman–Crippen MR) is 112 cm³/mol. The molecule has 0 rings (SSSR count). The van der Waals surface area contributed by atoms with Crippen LogP contribution in [0.25, 0.3) is 0 Å². The Balaban J connectivity index is 3.21. The van der Waals surface area contributed by atoms with E-state index in [9.17, 15) is 9.59 Å². The molecular formula is C23H43NO2. The van der Waals surface area contributed by atoms with E-state index in [-0.39, 0.29) is 11.8 Å². The van der Waals surface area contributed by atoms with Crippen LogP contribution in [-0.2, 0) is 9.59 Å². The number of unbranched alkanes of at least 4 members (excludes halogenated alkanes) is 12. The summed E-state index contributed by atoms with van der Waals surface area (Å²) in [4.78, 5) is 22.8. The van der Waals surface area contributed by atoms with Crippen LogP contribution in [0.3, 0.4) is 0 Å². The number of amides is 2. The van der Waals surface area contributed by atoms with Crippen molar-refractivity contribution in [3.8, 4) is 0 Å². The van der Waals surface area contributed by atoms with Gasteiger partial charge in [-0.2, -0.15) is 0 Å². The molecule has 3 nitrogen and oxygen atoms in total. The van der Waals surface area contributed by atoms with E-state index < -0.39 is 0 Å². The van der Waals surface area contributed by atoms with Gasteiger partial charge in [-0.3, -0.25) is 14.9 Å². The van der Waals surface area contributed by atoms with Gasteiger partial charge >= 0.3 is 0 Å². The molecule has 0 saturated carbocycles. The summed E-state index contributed by atoms with van der Waals surface area (Å²) in [5.41, 5.74) is 0.379. The summed E-state index contributed by atoms with van der Waals surface area (Å²) in [5, 5.41) is 2.35. The maximum atomic E-state index is 11.5. The molecule has 0 aromatic heterocycles. The molecule has 0 spiro atoms. The third-order valence-corrected chi connectivity index (χ3v) is 4.83. The Kier molecular flexibility index (Phi) is 16.6. The van der Waals surface area contributed by atoms with Crippen LogP contribution < -0.4 is 5.32 Å². The Labute approximate surface area is 162 Å². The van der Waals surface area contributed by atoms with Crippen LogP contribution in [0, 0.1) is 5.92 Å². The van der Waals surface area contributed by atoms with Crippen molar-refractivity contribution in [2.45, 2.75) is 117 Å². The highest BCUT2D eigenvalue weighted by Gasteiger charge is 2.07. The summed E-state index contributed by atoms with van der Waals surface area (Å²) < 4.78 is 0. The summed E-state index contributed by atoms with van der Waals surface area (Å²) in [6, 6.07) is 0. The largest absolute Gasteiger partial charge is 0.293 e. The topological polar surface area (TPSA) is 46.2 Å². The molecule has 3 heteroatoms. The molecular weight excluding hydrogens is 322 g/mol. The molecule has 0 aromatic rings. The zero-order valence-corrected chi connectivity index (χ0v) is 17.7. The lowest BCUT2D eigenvalue weighted by Gasteiger charge is -2.05. The van der Waals surface area contributed by atoms with Gasteiger partial charge in [-0.1, -0.05) is 104 Å². The van der Waals surface area contributed by atoms with E-state index in [0.29, 0.717) is 12.0 Å². The predicted octanol–water partition coefficient (Wildman–Crippen LogP) is 6.71. The van der Waals surface area contributed by atoms with Gasteiger partial charge < -0.3 is 0 Å². The molecule has 1 N–H and O–H groups in total.